The molecule has 2 aromatic rings. The maximum absolute atomic E-state index is 13.6. The summed E-state index contributed by atoms with van der Waals surface area (Å²) in [5.41, 5.74) is 0.176. The molecule has 4 amide bonds. The van der Waals surface area contributed by atoms with Gasteiger partial charge in [0, 0.05) is 19.7 Å². The zero-order valence-electron chi connectivity index (χ0n) is 20.5. The van der Waals surface area contributed by atoms with Crippen LogP contribution in [0.1, 0.15) is 51.0 Å². The van der Waals surface area contributed by atoms with Crippen molar-refractivity contribution in [3.8, 4) is 0 Å². The minimum Gasteiger partial charge on any atom is -0.376 e. The molecule has 7 heteroatoms. The van der Waals surface area contributed by atoms with Gasteiger partial charge in [-0.05, 0) is 54.4 Å². The summed E-state index contributed by atoms with van der Waals surface area (Å²) in [6.07, 6.45) is 5.01. The molecule has 0 spiro atoms. The second-order valence-electron chi connectivity index (χ2n) is 10.2. The maximum Gasteiger partial charge on any atom is 0.325 e. The van der Waals surface area contributed by atoms with Crippen LogP contribution in [0.25, 0.3) is 10.8 Å². The highest BCUT2D eigenvalue weighted by molar-refractivity contribution is 6.07. The Hall–Kier alpha value is -2.93. The number of hydrogen-bond donors (Lipinski definition) is 1. The Morgan fingerprint density at radius 2 is 1.86 bits per heavy atom. The Morgan fingerprint density at radius 1 is 1.09 bits per heavy atom. The summed E-state index contributed by atoms with van der Waals surface area (Å²) in [5, 5.41) is 5.35. The lowest BCUT2D eigenvalue weighted by atomic mass is 9.74. The number of rotatable bonds is 7. The number of benzene rings is 2. The topological polar surface area (TPSA) is 79.0 Å². The lowest BCUT2D eigenvalue weighted by Crippen LogP contribution is -2.56. The lowest BCUT2D eigenvalue weighted by molar-refractivity contribution is -0.136. The third-order valence-electron chi connectivity index (χ3n) is 8.02. The third-order valence-corrected chi connectivity index (χ3v) is 8.02. The van der Waals surface area contributed by atoms with Gasteiger partial charge in [0.05, 0.1) is 19.1 Å². The highest BCUT2D eigenvalue weighted by atomic mass is 16.5. The van der Waals surface area contributed by atoms with Gasteiger partial charge in [0.15, 0.2) is 0 Å². The van der Waals surface area contributed by atoms with Crippen LogP contribution in [0.3, 0.4) is 0 Å². The van der Waals surface area contributed by atoms with Crippen molar-refractivity contribution in [2.24, 2.45) is 5.92 Å². The van der Waals surface area contributed by atoms with Gasteiger partial charge in [-0.15, -0.1) is 0 Å². The molecule has 3 heterocycles. The summed E-state index contributed by atoms with van der Waals surface area (Å²) >= 11 is 0. The van der Waals surface area contributed by atoms with Crippen molar-refractivity contribution in [1.82, 2.24) is 15.1 Å². The van der Waals surface area contributed by atoms with E-state index in [2.05, 4.69) is 23.5 Å². The van der Waals surface area contributed by atoms with Crippen LogP contribution in [0.2, 0.25) is 0 Å². The van der Waals surface area contributed by atoms with Crippen LogP contribution in [0.4, 0.5) is 4.79 Å². The summed E-state index contributed by atoms with van der Waals surface area (Å²) in [5.74, 6) is 0.0292. The molecule has 2 aromatic carbocycles. The largest absolute Gasteiger partial charge is 0.376 e. The van der Waals surface area contributed by atoms with Crippen LogP contribution >= 0.6 is 0 Å². The Labute approximate surface area is 206 Å². The fourth-order valence-electron chi connectivity index (χ4n) is 6.19. The minimum atomic E-state index is -0.866. The highest BCUT2D eigenvalue weighted by Gasteiger charge is 2.55. The van der Waals surface area contributed by atoms with Crippen molar-refractivity contribution in [2.45, 2.75) is 63.5 Å². The van der Waals surface area contributed by atoms with Gasteiger partial charge in [0.25, 0.3) is 5.91 Å². The summed E-state index contributed by atoms with van der Waals surface area (Å²) < 4.78 is 5.68. The molecule has 7 nitrogen and oxygen atoms in total. The lowest BCUT2D eigenvalue weighted by Gasteiger charge is -2.41. The Kier molecular flexibility index (Phi) is 6.78. The fraction of sp³-hybridized carbons (Fsp3) is 0.536. The van der Waals surface area contributed by atoms with E-state index in [1.54, 1.807) is 0 Å². The molecule has 3 fully saturated rings. The number of piperidine rings is 1. The fourth-order valence-corrected chi connectivity index (χ4v) is 6.19. The van der Waals surface area contributed by atoms with E-state index in [0.717, 1.165) is 35.6 Å². The molecule has 35 heavy (non-hydrogen) atoms. The van der Waals surface area contributed by atoms with Crippen molar-refractivity contribution in [1.29, 1.82) is 0 Å². The number of likely N-dealkylation sites (tertiary alicyclic amines) is 1. The van der Waals surface area contributed by atoms with Crippen LogP contribution in [-0.2, 0) is 20.7 Å². The van der Waals surface area contributed by atoms with Crippen molar-refractivity contribution >= 4 is 28.6 Å². The number of nitrogens with zero attached hydrogens (tertiary/aromatic N) is 2. The second kappa shape index (κ2) is 9.97. The van der Waals surface area contributed by atoms with Crippen molar-refractivity contribution in [3.63, 3.8) is 0 Å². The second-order valence-corrected chi connectivity index (χ2v) is 10.2. The molecule has 1 N–H and O–H groups in total. The van der Waals surface area contributed by atoms with Gasteiger partial charge in [0.2, 0.25) is 5.91 Å². The van der Waals surface area contributed by atoms with Gasteiger partial charge in [0.1, 0.15) is 5.54 Å². The number of hydrogen-bond acceptors (Lipinski definition) is 4. The van der Waals surface area contributed by atoms with E-state index < -0.39 is 5.54 Å². The minimum absolute atomic E-state index is 0.0231. The Balaban J connectivity index is 1.25. The van der Waals surface area contributed by atoms with Crippen molar-refractivity contribution in [3.05, 3.63) is 48.0 Å². The molecule has 0 aromatic heterocycles. The molecule has 186 valence electrons. The summed E-state index contributed by atoms with van der Waals surface area (Å²) in [4.78, 5) is 42.9. The Morgan fingerprint density at radius 3 is 2.60 bits per heavy atom. The van der Waals surface area contributed by atoms with Gasteiger partial charge in [-0.3, -0.25) is 14.5 Å². The van der Waals surface area contributed by atoms with Crippen molar-refractivity contribution < 1.29 is 19.1 Å². The molecule has 0 bridgehead atoms. The van der Waals surface area contributed by atoms with Crippen LogP contribution in [0.15, 0.2) is 42.5 Å². The molecule has 0 saturated carbocycles. The van der Waals surface area contributed by atoms with Gasteiger partial charge in [-0.25, -0.2) is 4.79 Å². The van der Waals surface area contributed by atoms with E-state index in [1.165, 1.54) is 4.90 Å². The SMILES string of the molecule is CCCC1(C2CCN(C(=O)Cc3cccc4ccccc34)CC2)NC(=O)N(CC2CCCO2)C1=O. The third kappa shape index (κ3) is 4.54. The normalized spacial score (nSPS) is 25.5. The zero-order chi connectivity index (χ0) is 24.4. The summed E-state index contributed by atoms with van der Waals surface area (Å²) in [7, 11) is 0. The Bertz CT molecular complexity index is 1100. The number of carbonyl (C=O) groups excluding carboxylic acids is 3. The number of amides is 4. The molecule has 3 aliphatic heterocycles. The van der Waals surface area contributed by atoms with E-state index in [0.29, 0.717) is 51.9 Å². The molecule has 2 atom stereocenters. The van der Waals surface area contributed by atoms with Crippen LogP contribution < -0.4 is 5.32 Å². The summed E-state index contributed by atoms with van der Waals surface area (Å²) in [6, 6.07) is 13.9. The average molecular weight is 478 g/mol. The molecule has 5 rings (SSSR count). The van der Waals surface area contributed by atoms with Crippen LogP contribution in [0, 0.1) is 5.92 Å². The average Bonchev–Trinajstić information content (AvgIpc) is 3.48. The molecule has 3 saturated heterocycles. The first-order valence-electron chi connectivity index (χ1n) is 13.0. The van der Waals surface area contributed by atoms with E-state index in [-0.39, 0.29) is 29.9 Å². The van der Waals surface area contributed by atoms with Gasteiger partial charge in [-0.1, -0.05) is 55.8 Å². The first kappa shape index (κ1) is 23.8. The molecule has 0 radical (unpaired) electrons. The molecule has 0 aliphatic carbocycles. The van der Waals surface area contributed by atoms with Gasteiger partial charge >= 0.3 is 6.03 Å². The number of imide groups is 1. The first-order valence-corrected chi connectivity index (χ1v) is 13.0. The number of ether oxygens (including phenoxy) is 1. The maximum atomic E-state index is 13.6. The van der Waals surface area contributed by atoms with Gasteiger partial charge in [-0.2, -0.15) is 0 Å². The van der Waals surface area contributed by atoms with Gasteiger partial charge < -0.3 is 15.0 Å². The smallest absolute Gasteiger partial charge is 0.325 e. The van der Waals surface area contributed by atoms with Crippen LogP contribution in [-0.4, -0.2) is 65.5 Å². The number of nitrogens with one attached hydrogen (secondary N) is 1. The summed E-state index contributed by atoms with van der Waals surface area (Å²) in [6.45, 7) is 4.29. The molecule has 3 aliphatic rings. The standard InChI is InChI=1S/C28H35N3O4/c1-2-14-28(26(33)31(27(34)29-28)19-23-10-6-17-35-23)22-12-15-30(16-13-22)25(32)18-21-9-5-8-20-7-3-4-11-24(20)21/h3-5,7-9,11,22-23H,2,6,10,12-19H2,1H3,(H,29,34). The number of urea groups is 1. The number of fused-ring (bicyclic) bond motifs is 1. The van der Waals surface area contributed by atoms with E-state index in [9.17, 15) is 14.4 Å². The molecule has 2 unspecified atom stereocenters. The quantitative estimate of drug-likeness (QED) is 0.614. The highest BCUT2D eigenvalue weighted by Crippen LogP contribution is 2.37. The van der Waals surface area contributed by atoms with Crippen LogP contribution in [0.5, 0.6) is 0 Å². The predicted molar refractivity (Wildman–Crippen MR) is 134 cm³/mol. The van der Waals surface area contributed by atoms with E-state index in [1.807, 2.05) is 36.1 Å². The van der Waals surface area contributed by atoms with E-state index in [4.69, 9.17) is 4.74 Å². The molecular formula is C28H35N3O4. The predicted octanol–water partition coefficient (Wildman–Crippen LogP) is 3.89. The monoisotopic (exact) mass is 477 g/mol. The molecular weight excluding hydrogens is 442 g/mol. The first-order chi connectivity index (χ1) is 17.0. The van der Waals surface area contributed by atoms with Crippen molar-refractivity contribution in [2.75, 3.05) is 26.2 Å². The zero-order valence-corrected chi connectivity index (χ0v) is 20.5. The number of carbonyl (C=O) groups is 3. The van der Waals surface area contributed by atoms with E-state index >= 15 is 0 Å².